The van der Waals surface area contributed by atoms with E-state index in [1.54, 1.807) is 23.3 Å². The first-order chi connectivity index (χ1) is 11.1. The molecule has 0 aromatic carbocycles. The van der Waals surface area contributed by atoms with Crippen LogP contribution in [0.2, 0.25) is 0 Å². The highest BCUT2D eigenvalue weighted by Crippen LogP contribution is 2.20. The van der Waals surface area contributed by atoms with Crippen LogP contribution in [0.1, 0.15) is 31.1 Å². The molecular formula is C16H20N6O. The van der Waals surface area contributed by atoms with E-state index in [2.05, 4.69) is 34.3 Å². The highest BCUT2D eigenvalue weighted by atomic mass is 16.2. The van der Waals surface area contributed by atoms with Gasteiger partial charge in [-0.05, 0) is 38.5 Å². The number of hydrogen-bond donors (Lipinski definition) is 1. The average molecular weight is 312 g/mol. The van der Waals surface area contributed by atoms with Crippen molar-refractivity contribution in [3.63, 3.8) is 0 Å². The van der Waals surface area contributed by atoms with Crippen LogP contribution < -0.4 is 5.32 Å². The standard InChI is InChI=1S/C16H20N6O/c1-11(2)22-14-9-19-21(16(14)12(3)20-22)10-15(23)18-8-13-4-6-17-7-5-13/h4-7,9,11H,8,10H2,1-3H3,(H,18,23). The Morgan fingerprint density at radius 1 is 1.30 bits per heavy atom. The molecule has 3 heterocycles. The molecule has 0 fully saturated rings. The summed E-state index contributed by atoms with van der Waals surface area (Å²) in [6, 6.07) is 4.01. The minimum absolute atomic E-state index is 0.0801. The number of carbonyl (C=O) groups excluding carboxylic acids is 1. The molecule has 7 heteroatoms. The number of nitrogens with one attached hydrogen (secondary N) is 1. The van der Waals surface area contributed by atoms with Gasteiger partial charge in [-0.1, -0.05) is 0 Å². The summed E-state index contributed by atoms with van der Waals surface area (Å²) >= 11 is 0. The maximum Gasteiger partial charge on any atom is 0.242 e. The summed E-state index contributed by atoms with van der Waals surface area (Å²) in [5, 5.41) is 11.8. The molecule has 0 unspecified atom stereocenters. The van der Waals surface area contributed by atoms with E-state index in [1.807, 2.05) is 23.7 Å². The Bertz CT molecular complexity index is 818. The van der Waals surface area contributed by atoms with E-state index in [-0.39, 0.29) is 18.5 Å². The van der Waals surface area contributed by atoms with Crippen LogP contribution in [-0.2, 0) is 17.9 Å². The van der Waals surface area contributed by atoms with Crippen LogP contribution in [0, 0.1) is 6.92 Å². The van der Waals surface area contributed by atoms with E-state index < -0.39 is 0 Å². The first-order valence-electron chi connectivity index (χ1n) is 7.62. The number of nitrogens with zero attached hydrogens (tertiary/aromatic N) is 5. The van der Waals surface area contributed by atoms with Crippen LogP contribution in [0.4, 0.5) is 0 Å². The highest BCUT2D eigenvalue weighted by molar-refractivity contribution is 5.81. The Labute approximate surface area is 134 Å². The van der Waals surface area contributed by atoms with Gasteiger partial charge in [-0.3, -0.25) is 19.1 Å². The number of aromatic nitrogens is 5. The number of pyridine rings is 1. The molecule has 7 nitrogen and oxygen atoms in total. The van der Waals surface area contributed by atoms with Crippen molar-refractivity contribution in [2.24, 2.45) is 0 Å². The Kier molecular flexibility index (Phi) is 4.10. The van der Waals surface area contributed by atoms with Gasteiger partial charge in [0.25, 0.3) is 0 Å². The van der Waals surface area contributed by atoms with Crippen LogP contribution in [0.3, 0.4) is 0 Å². The maximum atomic E-state index is 12.2. The van der Waals surface area contributed by atoms with E-state index in [0.717, 1.165) is 22.3 Å². The molecule has 0 bridgehead atoms. The molecule has 3 aromatic rings. The van der Waals surface area contributed by atoms with Gasteiger partial charge in [-0.15, -0.1) is 0 Å². The number of amides is 1. The Morgan fingerprint density at radius 2 is 2.04 bits per heavy atom. The zero-order valence-corrected chi connectivity index (χ0v) is 13.5. The van der Waals surface area contributed by atoms with Gasteiger partial charge in [0.05, 0.1) is 11.9 Å². The predicted octanol–water partition coefficient (Wildman–Crippen LogP) is 1.83. The molecule has 0 spiro atoms. The fourth-order valence-electron chi connectivity index (χ4n) is 2.58. The van der Waals surface area contributed by atoms with Crippen molar-refractivity contribution in [1.82, 2.24) is 29.9 Å². The molecular weight excluding hydrogens is 292 g/mol. The summed E-state index contributed by atoms with van der Waals surface area (Å²) in [7, 11) is 0. The summed E-state index contributed by atoms with van der Waals surface area (Å²) in [6.45, 7) is 6.75. The third-order valence-corrected chi connectivity index (χ3v) is 3.69. The minimum atomic E-state index is -0.0801. The summed E-state index contributed by atoms with van der Waals surface area (Å²) in [4.78, 5) is 16.1. The quantitative estimate of drug-likeness (QED) is 0.779. The monoisotopic (exact) mass is 312 g/mol. The predicted molar refractivity (Wildman–Crippen MR) is 86.7 cm³/mol. The second-order valence-corrected chi connectivity index (χ2v) is 5.79. The van der Waals surface area contributed by atoms with E-state index in [4.69, 9.17) is 0 Å². The zero-order chi connectivity index (χ0) is 16.4. The lowest BCUT2D eigenvalue weighted by Crippen LogP contribution is -2.27. The minimum Gasteiger partial charge on any atom is -0.350 e. The Hall–Kier alpha value is -2.70. The first-order valence-corrected chi connectivity index (χ1v) is 7.62. The molecule has 1 N–H and O–H groups in total. The molecule has 3 rings (SSSR count). The van der Waals surface area contributed by atoms with Crippen molar-refractivity contribution in [3.05, 3.63) is 42.0 Å². The molecule has 120 valence electrons. The van der Waals surface area contributed by atoms with Crippen molar-refractivity contribution >= 4 is 16.9 Å². The molecule has 0 aliphatic heterocycles. The van der Waals surface area contributed by atoms with Gasteiger partial charge in [-0.2, -0.15) is 10.2 Å². The summed E-state index contributed by atoms with van der Waals surface area (Å²) in [6.07, 6.45) is 5.19. The third kappa shape index (κ3) is 3.08. The molecule has 0 radical (unpaired) electrons. The van der Waals surface area contributed by atoms with Gasteiger partial charge in [-0.25, -0.2) is 0 Å². The summed E-state index contributed by atoms with van der Waals surface area (Å²) in [5.74, 6) is -0.0801. The van der Waals surface area contributed by atoms with Crippen molar-refractivity contribution in [2.45, 2.75) is 39.9 Å². The van der Waals surface area contributed by atoms with Crippen molar-refractivity contribution < 1.29 is 4.79 Å². The number of fused-ring (bicyclic) bond motifs is 1. The van der Waals surface area contributed by atoms with Crippen LogP contribution in [0.5, 0.6) is 0 Å². The average Bonchev–Trinajstić information content (AvgIpc) is 3.08. The molecule has 0 aliphatic carbocycles. The fourth-order valence-corrected chi connectivity index (χ4v) is 2.58. The largest absolute Gasteiger partial charge is 0.350 e. The van der Waals surface area contributed by atoms with E-state index in [1.165, 1.54) is 0 Å². The summed E-state index contributed by atoms with van der Waals surface area (Å²) in [5.41, 5.74) is 3.77. The molecule has 0 aliphatic rings. The van der Waals surface area contributed by atoms with Gasteiger partial charge >= 0.3 is 0 Å². The molecule has 0 atom stereocenters. The van der Waals surface area contributed by atoms with Crippen LogP contribution in [0.15, 0.2) is 30.7 Å². The van der Waals surface area contributed by atoms with Crippen LogP contribution in [0.25, 0.3) is 11.0 Å². The first kappa shape index (κ1) is 15.2. The van der Waals surface area contributed by atoms with E-state index >= 15 is 0 Å². The van der Waals surface area contributed by atoms with Crippen LogP contribution in [-0.4, -0.2) is 30.5 Å². The van der Waals surface area contributed by atoms with Gasteiger partial charge in [0.1, 0.15) is 17.6 Å². The molecule has 0 saturated carbocycles. The second-order valence-electron chi connectivity index (χ2n) is 5.79. The molecule has 3 aromatic heterocycles. The normalized spacial score (nSPS) is 11.3. The number of rotatable bonds is 5. The zero-order valence-electron chi connectivity index (χ0n) is 13.5. The van der Waals surface area contributed by atoms with E-state index in [9.17, 15) is 4.79 Å². The molecule has 0 saturated heterocycles. The number of aryl methyl sites for hydroxylation is 1. The third-order valence-electron chi connectivity index (χ3n) is 3.69. The van der Waals surface area contributed by atoms with Crippen LogP contribution >= 0.6 is 0 Å². The van der Waals surface area contributed by atoms with Gasteiger partial charge in [0.2, 0.25) is 5.91 Å². The Morgan fingerprint density at radius 3 is 2.74 bits per heavy atom. The van der Waals surface area contributed by atoms with Crippen molar-refractivity contribution in [2.75, 3.05) is 0 Å². The maximum absolute atomic E-state index is 12.2. The molecule has 1 amide bonds. The second kappa shape index (κ2) is 6.20. The Balaban J connectivity index is 1.73. The lowest BCUT2D eigenvalue weighted by molar-refractivity contribution is -0.121. The summed E-state index contributed by atoms with van der Waals surface area (Å²) < 4.78 is 3.64. The van der Waals surface area contributed by atoms with Gasteiger partial charge in [0.15, 0.2) is 0 Å². The van der Waals surface area contributed by atoms with Crippen molar-refractivity contribution in [3.8, 4) is 0 Å². The molecule has 23 heavy (non-hydrogen) atoms. The number of carbonyl (C=O) groups is 1. The number of hydrogen-bond acceptors (Lipinski definition) is 4. The van der Waals surface area contributed by atoms with Crippen molar-refractivity contribution in [1.29, 1.82) is 0 Å². The van der Waals surface area contributed by atoms with E-state index in [0.29, 0.717) is 6.54 Å². The lowest BCUT2D eigenvalue weighted by atomic mass is 10.3. The lowest BCUT2D eigenvalue weighted by Gasteiger charge is -2.06. The van der Waals surface area contributed by atoms with Gasteiger partial charge < -0.3 is 5.32 Å². The fraction of sp³-hybridized carbons (Fsp3) is 0.375. The SMILES string of the molecule is Cc1nn(C(C)C)c2cnn(CC(=O)NCc3ccncc3)c12. The smallest absolute Gasteiger partial charge is 0.242 e. The topological polar surface area (TPSA) is 77.6 Å². The van der Waals surface area contributed by atoms with Gasteiger partial charge in [0, 0.05) is 25.0 Å². The highest BCUT2D eigenvalue weighted by Gasteiger charge is 2.16.